The Kier molecular flexibility index (Phi) is 3.85. The van der Waals surface area contributed by atoms with Crippen LogP contribution in [0.15, 0.2) is 48.5 Å². The van der Waals surface area contributed by atoms with Crippen LogP contribution in [0.4, 0.5) is 5.82 Å². The molecule has 0 spiro atoms. The van der Waals surface area contributed by atoms with Crippen LogP contribution in [0.3, 0.4) is 0 Å². The largest absolute Gasteiger partial charge is 0.370 e. The molecule has 0 radical (unpaired) electrons. The Morgan fingerprint density at radius 2 is 1.54 bits per heavy atom. The lowest BCUT2D eigenvalue weighted by Gasteiger charge is -2.09. The van der Waals surface area contributed by atoms with Gasteiger partial charge in [-0.3, -0.25) is 0 Å². The predicted molar refractivity (Wildman–Crippen MR) is 99.9 cm³/mol. The van der Waals surface area contributed by atoms with Crippen molar-refractivity contribution in [1.82, 2.24) is 9.78 Å². The smallest absolute Gasteiger partial charge is 0.133 e. The Balaban J connectivity index is 1.88. The molecule has 122 valence electrons. The van der Waals surface area contributed by atoms with Crippen molar-refractivity contribution >= 4 is 5.82 Å². The molecule has 0 saturated carbocycles. The van der Waals surface area contributed by atoms with E-state index < -0.39 is 0 Å². The van der Waals surface area contributed by atoms with Gasteiger partial charge in [-0.15, -0.1) is 0 Å². The maximum atomic E-state index is 4.99. The van der Waals surface area contributed by atoms with Gasteiger partial charge in [0.15, 0.2) is 0 Å². The quantitative estimate of drug-likeness (QED) is 0.728. The van der Waals surface area contributed by atoms with E-state index in [0.717, 1.165) is 30.2 Å². The van der Waals surface area contributed by atoms with Crippen LogP contribution in [0.5, 0.6) is 0 Å². The molecule has 2 aromatic carbocycles. The minimum atomic E-state index is 1.01. The van der Waals surface area contributed by atoms with Crippen LogP contribution in [0.2, 0.25) is 0 Å². The van der Waals surface area contributed by atoms with Gasteiger partial charge in [0.2, 0.25) is 0 Å². The van der Waals surface area contributed by atoms with Crippen molar-refractivity contribution in [1.29, 1.82) is 0 Å². The molecular weight excluding hydrogens is 294 g/mol. The second-order valence-corrected chi connectivity index (χ2v) is 6.67. The topological polar surface area (TPSA) is 29.9 Å². The third-order valence-corrected chi connectivity index (χ3v) is 4.73. The molecule has 0 bridgehead atoms. The summed E-state index contributed by atoms with van der Waals surface area (Å²) in [5.74, 6) is 1.16. The van der Waals surface area contributed by atoms with Crippen molar-refractivity contribution in [2.24, 2.45) is 0 Å². The second-order valence-electron chi connectivity index (χ2n) is 6.67. The fraction of sp³-hybridized carbons (Fsp3) is 0.286. The molecule has 1 aliphatic heterocycles. The van der Waals surface area contributed by atoms with E-state index >= 15 is 0 Å². The standard InChI is InChI=1S/C21H23N3/c1-15-6-10-17(11-7-15)20-19-5-3-4-14-22-21(19)24(23-20)18-12-8-16(2)9-13-18/h6-13,22H,3-5,14H2,1-2H3. The molecule has 0 unspecified atom stereocenters. The second kappa shape index (κ2) is 6.16. The van der Waals surface area contributed by atoms with Gasteiger partial charge in [-0.25, -0.2) is 4.68 Å². The first-order chi connectivity index (χ1) is 11.7. The zero-order valence-electron chi connectivity index (χ0n) is 14.3. The van der Waals surface area contributed by atoms with Crippen LogP contribution in [-0.4, -0.2) is 16.3 Å². The minimum absolute atomic E-state index is 1.01. The fourth-order valence-corrected chi connectivity index (χ4v) is 3.32. The molecule has 0 fully saturated rings. The summed E-state index contributed by atoms with van der Waals surface area (Å²) in [6, 6.07) is 17.3. The average molecular weight is 317 g/mol. The van der Waals surface area contributed by atoms with Crippen molar-refractivity contribution in [2.45, 2.75) is 33.1 Å². The van der Waals surface area contributed by atoms with Crippen LogP contribution in [0, 0.1) is 13.8 Å². The Hall–Kier alpha value is -2.55. The highest BCUT2D eigenvalue weighted by Crippen LogP contribution is 2.34. The molecule has 0 aliphatic carbocycles. The third-order valence-electron chi connectivity index (χ3n) is 4.73. The first kappa shape index (κ1) is 15.0. The molecule has 0 amide bonds. The molecule has 1 N–H and O–H groups in total. The van der Waals surface area contributed by atoms with Crippen LogP contribution in [0.1, 0.15) is 29.5 Å². The molecule has 0 saturated heterocycles. The van der Waals surface area contributed by atoms with E-state index in [9.17, 15) is 0 Å². The Morgan fingerprint density at radius 1 is 0.875 bits per heavy atom. The summed E-state index contributed by atoms with van der Waals surface area (Å²) >= 11 is 0. The summed E-state index contributed by atoms with van der Waals surface area (Å²) in [6.45, 7) is 5.25. The monoisotopic (exact) mass is 317 g/mol. The zero-order chi connectivity index (χ0) is 16.5. The van der Waals surface area contributed by atoms with Crippen LogP contribution < -0.4 is 5.32 Å². The lowest BCUT2D eigenvalue weighted by molar-refractivity contribution is 0.780. The summed E-state index contributed by atoms with van der Waals surface area (Å²) in [6.07, 6.45) is 3.49. The molecule has 1 aromatic heterocycles. The van der Waals surface area contributed by atoms with E-state index in [1.807, 2.05) is 0 Å². The number of benzene rings is 2. The van der Waals surface area contributed by atoms with Gasteiger partial charge in [-0.1, -0.05) is 47.5 Å². The van der Waals surface area contributed by atoms with Gasteiger partial charge in [0.1, 0.15) is 5.82 Å². The van der Waals surface area contributed by atoms with Crippen LogP contribution in [0.25, 0.3) is 16.9 Å². The van der Waals surface area contributed by atoms with Gasteiger partial charge < -0.3 is 5.32 Å². The highest BCUT2D eigenvalue weighted by Gasteiger charge is 2.21. The molecule has 0 atom stereocenters. The Bertz CT molecular complexity index is 772. The minimum Gasteiger partial charge on any atom is -0.370 e. The summed E-state index contributed by atoms with van der Waals surface area (Å²) in [5.41, 5.74) is 7.32. The van der Waals surface area contributed by atoms with E-state index in [-0.39, 0.29) is 0 Å². The molecule has 3 nitrogen and oxygen atoms in total. The summed E-state index contributed by atoms with van der Waals surface area (Å²) in [5, 5.41) is 8.60. The summed E-state index contributed by atoms with van der Waals surface area (Å²) < 4.78 is 2.08. The van der Waals surface area contributed by atoms with Gasteiger partial charge >= 0.3 is 0 Å². The number of nitrogens with zero attached hydrogens (tertiary/aromatic N) is 2. The molecule has 24 heavy (non-hydrogen) atoms. The summed E-state index contributed by atoms with van der Waals surface area (Å²) in [7, 11) is 0. The molecule has 4 rings (SSSR count). The fourth-order valence-electron chi connectivity index (χ4n) is 3.32. The van der Waals surface area contributed by atoms with E-state index in [2.05, 4.69) is 72.4 Å². The number of hydrogen-bond acceptors (Lipinski definition) is 2. The van der Waals surface area contributed by atoms with Crippen LogP contribution in [-0.2, 0) is 6.42 Å². The summed E-state index contributed by atoms with van der Waals surface area (Å²) in [4.78, 5) is 0. The zero-order valence-corrected chi connectivity index (χ0v) is 14.3. The first-order valence-electron chi connectivity index (χ1n) is 8.72. The number of rotatable bonds is 2. The number of aryl methyl sites for hydroxylation is 2. The maximum absolute atomic E-state index is 4.99. The maximum Gasteiger partial charge on any atom is 0.133 e. The average Bonchev–Trinajstić information content (AvgIpc) is 2.78. The van der Waals surface area contributed by atoms with Crippen molar-refractivity contribution in [2.75, 3.05) is 11.9 Å². The Morgan fingerprint density at radius 3 is 2.25 bits per heavy atom. The highest BCUT2D eigenvalue weighted by atomic mass is 15.3. The predicted octanol–water partition coefficient (Wildman–Crippen LogP) is 4.90. The molecule has 1 aliphatic rings. The molecule has 2 heterocycles. The van der Waals surface area contributed by atoms with Crippen molar-refractivity contribution in [3.63, 3.8) is 0 Å². The van der Waals surface area contributed by atoms with Gasteiger partial charge in [0, 0.05) is 17.7 Å². The number of fused-ring (bicyclic) bond motifs is 1. The molecule has 3 aromatic rings. The Labute approximate surface area is 143 Å². The first-order valence-corrected chi connectivity index (χ1v) is 8.72. The van der Waals surface area contributed by atoms with Crippen molar-refractivity contribution in [3.8, 4) is 16.9 Å². The van der Waals surface area contributed by atoms with E-state index in [1.54, 1.807) is 0 Å². The van der Waals surface area contributed by atoms with Gasteiger partial charge in [0.25, 0.3) is 0 Å². The lowest BCUT2D eigenvalue weighted by Crippen LogP contribution is -2.07. The molecular formula is C21H23N3. The normalized spacial score (nSPS) is 13.9. The highest BCUT2D eigenvalue weighted by molar-refractivity contribution is 5.71. The van der Waals surface area contributed by atoms with E-state index in [1.165, 1.54) is 35.1 Å². The van der Waals surface area contributed by atoms with E-state index in [0.29, 0.717) is 0 Å². The van der Waals surface area contributed by atoms with Crippen LogP contribution >= 0.6 is 0 Å². The number of nitrogens with one attached hydrogen (secondary N) is 1. The number of anilines is 1. The molecule has 3 heteroatoms. The lowest BCUT2D eigenvalue weighted by atomic mass is 10.0. The SMILES string of the molecule is Cc1ccc(-c2nn(-c3ccc(C)cc3)c3c2CCCCN3)cc1. The van der Waals surface area contributed by atoms with Crippen molar-refractivity contribution < 1.29 is 0 Å². The third kappa shape index (κ3) is 2.71. The number of aromatic nitrogens is 2. The van der Waals surface area contributed by atoms with Gasteiger partial charge in [0.05, 0.1) is 11.4 Å². The van der Waals surface area contributed by atoms with E-state index in [4.69, 9.17) is 5.10 Å². The van der Waals surface area contributed by atoms with Gasteiger partial charge in [-0.05, 0) is 45.2 Å². The van der Waals surface area contributed by atoms with Gasteiger partial charge in [-0.2, -0.15) is 5.10 Å². The number of hydrogen-bond donors (Lipinski definition) is 1. The van der Waals surface area contributed by atoms with Crippen molar-refractivity contribution in [3.05, 3.63) is 65.2 Å².